The van der Waals surface area contributed by atoms with Crippen molar-refractivity contribution in [3.8, 4) is 0 Å². The van der Waals surface area contributed by atoms with Crippen molar-refractivity contribution in [1.82, 2.24) is 0 Å². The van der Waals surface area contributed by atoms with Gasteiger partial charge in [-0.05, 0) is 12.8 Å². The maximum atomic E-state index is 8.53. The van der Waals surface area contributed by atoms with Crippen molar-refractivity contribution in [2.24, 2.45) is 5.16 Å². The monoisotopic (exact) mass is 145 g/mol. The molecule has 3 nitrogen and oxygen atoms in total. The molecule has 0 aromatic heterocycles. The minimum Gasteiger partial charge on any atom is -0.411 e. The zero-order valence-electron chi connectivity index (χ0n) is 6.38. The number of aliphatic hydroxyl groups excluding tert-OH is 1. The molecule has 0 fully saturated rings. The molecular weight excluding hydrogens is 130 g/mol. The number of nitrogens with zero attached hydrogens (tertiary/aromatic N) is 1. The second-order valence-corrected chi connectivity index (χ2v) is 2.28. The van der Waals surface area contributed by atoms with Crippen LogP contribution < -0.4 is 0 Å². The van der Waals surface area contributed by atoms with Crippen molar-refractivity contribution in [3.63, 3.8) is 0 Å². The fraction of sp³-hybridized carbons (Fsp3) is 0.857. The van der Waals surface area contributed by atoms with E-state index in [0.717, 1.165) is 19.3 Å². The molecule has 0 heterocycles. The van der Waals surface area contributed by atoms with E-state index in [1.807, 2.05) is 0 Å². The van der Waals surface area contributed by atoms with E-state index in [0.29, 0.717) is 12.1 Å². The van der Waals surface area contributed by atoms with Crippen LogP contribution in [0.1, 0.15) is 32.6 Å². The van der Waals surface area contributed by atoms with Gasteiger partial charge in [0.05, 0.1) is 12.3 Å². The van der Waals surface area contributed by atoms with Crippen LogP contribution in [-0.4, -0.2) is 22.6 Å². The van der Waals surface area contributed by atoms with Crippen LogP contribution in [0.25, 0.3) is 0 Å². The molecule has 60 valence electrons. The average molecular weight is 145 g/mol. The van der Waals surface area contributed by atoms with Crippen molar-refractivity contribution >= 4 is 5.71 Å². The van der Waals surface area contributed by atoms with Crippen LogP contribution >= 0.6 is 0 Å². The summed E-state index contributed by atoms with van der Waals surface area (Å²) in [4.78, 5) is 0. The van der Waals surface area contributed by atoms with Gasteiger partial charge in [-0.2, -0.15) is 0 Å². The molecule has 0 saturated carbocycles. The summed E-state index contributed by atoms with van der Waals surface area (Å²) in [7, 11) is 0. The molecule has 0 unspecified atom stereocenters. The lowest BCUT2D eigenvalue weighted by atomic mass is 10.1. The molecule has 0 rings (SSSR count). The average Bonchev–Trinajstić information content (AvgIpc) is 1.99. The molecule has 0 aromatic carbocycles. The first-order chi connectivity index (χ1) is 4.85. The molecule has 0 atom stereocenters. The first-order valence-corrected chi connectivity index (χ1v) is 3.65. The molecule has 2 N–H and O–H groups in total. The molecular formula is C7H15NO2. The van der Waals surface area contributed by atoms with Gasteiger partial charge in [0.1, 0.15) is 0 Å². The summed E-state index contributed by atoms with van der Waals surface area (Å²) in [5.74, 6) is 0. The number of hydrogen-bond donors (Lipinski definition) is 2. The number of aliphatic hydroxyl groups is 1. The van der Waals surface area contributed by atoms with Crippen molar-refractivity contribution in [2.45, 2.75) is 32.6 Å². The van der Waals surface area contributed by atoms with E-state index in [1.165, 1.54) is 0 Å². The first kappa shape index (κ1) is 9.43. The molecule has 0 amide bonds. The van der Waals surface area contributed by atoms with Crippen molar-refractivity contribution < 1.29 is 10.3 Å². The quantitative estimate of drug-likeness (QED) is 0.266. The Bertz CT molecular complexity index is 102. The Morgan fingerprint density at radius 3 is 2.50 bits per heavy atom. The van der Waals surface area contributed by atoms with E-state index in [1.54, 1.807) is 0 Å². The van der Waals surface area contributed by atoms with Gasteiger partial charge in [0.25, 0.3) is 0 Å². The lowest BCUT2D eigenvalue weighted by Crippen LogP contribution is -2.03. The number of oxime groups is 1. The Hall–Kier alpha value is -0.570. The van der Waals surface area contributed by atoms with E-state index in [-0.39, 0.29) is 6.61 Å². The lowest BCUT2D eigenvalue weighted by Gasteiger charge is -1.97. The maximum absolute atomic E-state index is 8.53. The van der Waals surface area contributed by atoms with Gasteiger partial charge in [-0.1, -0.05) is 24.9 Å². The summed E-state index contributed by atoms with van der Waals surface area (Å²) < 4.78 is 0. The number of unbranched alkanes of at least 4 members (excludes halogenated alkanes) is 2. The molecule has 0 aliphatic carbocycles. The van der Waals surface area contributed by atoms with Crippen LogP contribution in [0.5, 0.6) is 0 Å². The van der Waals surface area contributed by atoms with Crippen molar-refractivity contribution in [3.05, 3.63) is 0 Å². The summed E-state index contributed by atoms with van der Waals surface area (Å²) >= 11 is 0. The van der Waals surface area contributed by atoms with E-state index in [9.17, 15) is 0 Å². The molecule has 0 aliphatic heterocycles. The zero-order valence-corrected chi connectivity index (χ0v) is 6.38. The highest BCUT2D eigenvalue weighted by molar-refractivity contribution is 5.84. The Balaban J connectivity index is 3.27. The standard InChI is InChI=1S/C7H15NO2/c1-2-3-4-5-7(6-9)8-10/h9-10H,2-6H2,1H3. The fourth-order valence-corrected chi connectivity index (χ4v) is 0.740. The molecule has 3 heteroatoms. The minimum atomic E-state index is -0.125. The highest BCUT2D eigenvalue weighted by atomic mass is 16.4. The van der Waals surface area contributed by atoms with Gasteiger partial charge in [-0.25, -0.2) is 0 Å². The summed E-state index contributed by atoms with van der Waals surface area (Å²) in [6.45, 7) is 1.98. The molecule has 10 heavy (non-hydrogen) atoms. The van der Waals surface area contributed by atoms with Crippen LogP contribution in [0.2, 0.25) is 0 Å². The molecule has 0 spiro atoms. The molecule has 0 saturated heterocycles. The predicted octanol–water partition coefficient (Wildman–Crippen LogP) is 1.39. The predicted molar refractivity (Wildman–Crippen MR) is 40.4 cm³/mol. The molecule has 0 radical (unpaired) electrons. The molecule has 0 aliphatic rings. The highest BCUT2D eigenvalue weighted by Crippen LogP contribution is 1.99. The maximum Gasteiger partial charge on any atom is 0.0846 e. The summed E-state index contributed by atoms with van der Waals surface area (Å²) in [5, 5.41) is 19.7. The van der Waals surface area contributed by atoms with Crippen molar-refractivity contribution in [2.75, 3.05) is 6.61 Å². The summed E-state index contributed by atoms with van der Waals surface area (Å²) in [6, 6.07) is 0. The fourth-order valence-electron chi connectivity index (χ4n) is 0.740. The van der Waals surface area contributed by atoms with E-state index >= 15 is 0 Å². The SMILES string of the molecule is CCCCCC(CO)=NO. The van der Waals surface area contributed by atoms with Gasteiger partial charge >= 0.3 is 0 Å². The van der Waals surface area contributed by atoms with Crippen LogP contribution in [0.15, 0.2) is 5.16 Å². The van der Waals surface area contributed by atoms with Gasteiger partial charge in [-0.15, -0.1) is 0 Å². The molecule has 0 bridgehead atoms. The minimum absolute atomic E-state index is 0.125. The van der Waals surface area contributed by atoms with Crippen LogP contribution in [0.4, 0.5) is 0 Å². The second kappa shape index (κ2) is 6.55. The third-order valence-electron chi connectivity index (χ3n) is 1.39. The second-order valence-electron chi connectivity index (χ2n) is 2.28. The van der Waals surface area contributed by atoms with E-state index in [2.05, 4.69) is 12.1 Å². The van der Waals surface area contributed by atoms with E-state index < -0.39 is 0 Å². The van der Waals surface area contributed by atoms with E-state index in [4.69, 9.17) is 10.3 Å². The third kappa shape index (κ3) is 4.32. The normalized spacial score (nSPS) is 12.0. The molecule has 0 aromatic rings. The van der Waals surface area contributed by atoms with Gasteiger partial charge in [0, 0.05) is 0 Å². The number of rotatable bonds is 5. The van der Waals surface area contributed by atoms with Gasteiger partial charge in [-0.3, -0.25) is 0 Å². The highest BCUT2D eigenvalue weighted by Gasteiger charge is 1.95. The smallest absolute Gasteiger partial charge is 0.0846 e. The summed E-state index contributed by atoms with van der Waals surface area (Å²) in [6.07, 6.45) is 3.97. The Morgan fingerprint density at radius 2 is 2.10 bits per heavy atom. The van der Waals surface area contributed by atoms with Gasteiger partial charge < -0.3 is 10.3 Å². The topological polar surface area (TPSA) is 52.8 Å². The van der Waals surface area contributed by atoms with Crippen LogP contribution in [0.3, 0.4) is 0 Å². The van der Waals surface area contributed by atoms with Gasteiger partial charge in [0.15, 0.2) is 0 Å². The first-order valence-electron chi connectivity index (χ1n) is 3.65. The zero-order chi connectivity index (χ0) is 7.82. The Morgan fingerprint density at radius 1 is 1.40 bits per heavy atom. The lowest BCUT2D eigenvalue weighted by molar-refractivity contribution is 0.300. The largest absolute Gasteiger partial charge is 0.411 e. The Labute approximate surface area is 61.4 Å². The third-order valence-corrected chi connectivity index (χ3v) is 1.39. The number of hydrogen-bond acceptors (Lipinski definition) is 3. The van der Waals surface area contributed by atoms with Crippen LogP contribution in [0, 0.1) is 0 Å². The van der Waals surface area contributed by atoms with Crippen LogP contribution in [-0.2, 0) is 0 Å². The summed E-state index contributed by atoms with van der Waals surface area (Å²) in [5.41, 5.74) is 0.480. The Kier molecular flexibility index (Phi) is 6.18. The van der Waals surface area contributed by atoms with Gasteiger partial charge in [0.2, 0.25) is 0 Å². The van der Waals surface area contributed by atoms with Crippen molar-refractivity contribution in [1.29, 1.82) is 0 Å².